The summed E-state index contributed by atoms with van der Waals surface area (Å²) < 4.78 is 5.08. The Morgan fingerprint density at radius 2 is 1.82 bits per heavy atom. The molecule has 0 spiro atoms. The number of carbonyl (C=O) groups excluding carboxylic acids is 1. The molecule has 0 radical (unpaired) electrons. The van der Waals surface area contributed by atoms with Gasteiger partial charge in [-0.3, -0.25) is 0 Å². The molecule has 5 nitrogen and oxygen atoms in total. The van der Waals surface area contributed by atoms with Gasteiger partial charge in [-0.1, -0.05) is 25.5 Å². The molecule has 0 fully saturated rings. The third kappa shape index (κ3) is 3.75. The molecule has 116 valence electrons. The van der Waals surface area contributed by atoms with Crippen LogP contribution in [0.25, 0.3) is 10.8 Å². The summed E-state index contributed by atoms with van der Waals surface area (Å²) in [4.78, 5) is 23.2. The minimum Gasteiger partial charge on any atom is -0.508 e. The number of fused-ring (bicyclic) bond motifs is 1. The van der Waals surface area contributed by atoms with Crippen molar-refractivity contribution in [1.82, 2.24) is 0 Å². The lowest BCUT2D eigenvalue weighted by molar-refractivity contribution is -0.147. The standard InChI is InChI=1S/C17H18O5/c1-2-3-4-15(16(19)20)22-17(21)13-6-5-12-10-14(18)8-7-11(12)9-13/h5-10,15,18H,2-4H2,1H3,(H,19,20). The van der Waals surface area contributed by atoms with Crippen LogP contribution in [0.3, 0.4) is 0 Å². The van der Waals surface area contributed by atoms with Gasteiger partial charge in [0.25, 0.3) is 0 Å². The van der Waals surface area contributed by atoms with Gasteiger partial charge in [-0.25, -0.2) is 9.59 Å². The van der Waals surface area contributed by atoms with E-state index < -0.39 is 18.0 Å². The molecule has 1 unspecified atom stereocenters. The second kappa shape index (κ2) is 6.93. The van der Waals surface area contributed by atoms with Gasteiger partial charge in [-0.2, -0.15) is 0 Å². The van der Waals surface area contributed by atoms with E-state index in [0.29, 0.717) is 18.4 Å². The molecule has 0 aliphatic rings. The highest BCUT2D eigenvalue weighted by Crippen LogP contribution is 2.22. The minimum absolute atomic E-state index is 0.147. The second-order valence-corrected chi connectivity index (χ2v) is 5.12. The van der Waals surface area contributed by atoms with Gasteiger partial charge in [0.15, 0.2) is 6.10 Å². The number of phenolic OH excluding ortho intramolecular Hbond substituents is 1. The van der Waals surface area contributed by atoms with Crippen molar-refractivity contribution in [3.63, 3.8) is 0 Å². The molecule has 2 rings (SSSR count). The molecule has 0 saturated heterocycles. The average Bonchev–Trinajstić information content (AvgIpc) is 2.50. The highest BCUT2D eigenvalue weighted by Gasteiger charge is 2.22. The Balaban J connectivity index is 2.17. The fourth-order valence-corrected chi connectivity index (χ4v) is 2.18. The van der Waals surface area contributed by atoms with Gasteiger partial charge < -0.3 is 14.9 Å². The van der Waals surface area contributed by atoms with Crippen LogP contribution < -0.4 is 0 Å². The van der Waals surface area contributed by atoms with Crippen molar-refractivity contribution < 1.29 is 24.5 Å². The van der Waals surface area contributed by atoms with Gasteiger partial charge >= 0.3 is 11.9 Å². The van der Waals surface area contributed by atoms with Gasteiger partial charge in [0.1, 0.15) is 5.75 Å². The van der Waals surface area contributed by atoms with Crippen molar-refractivity contribution in [2.75, 3.05) is 0 Å². The van der Waals surface area contributed by atoms with Crippen LogP contribution in [-0.2, 0) is 9.53 Å². The molecular weight excluding hydrogens is 284 g/mol. The lowest BCUT2D eigenvalue weighted by atomic mass is 10.1. The van der Waals surface area contributed by atoms with Crippen LogP contribution in [-0.4, -0.2) is 28.3 Å². The fraction of sp³-hybridized carbons (Fsp3) is 0.294. The van der Waals surface area contributed by atoms with Crippen molar-refractivity contribution in [1.29, 1.82) is 0 Å². The number of unbranched alkanes of at least 4 members (excludes halogenated alkanes) is 1. The Bertz CT molecular complexity index is 693. The number of ether oxygens (including phenoxy) is 1. The van der Waals surface area contributed by atoms with Gasteiger partial charge in [0, 0.05) is 0 Å². The van der Waals surface area contributed by atoms with Crippen molar-refractivity contribution >= 4 is 22.7 Å². The van der Waals surface area contributed by atoms with Gasteiger partial charge in [-0.05, 0) is 47.9 Å². The Kier molecular flexibility index (Phi) is 4.99. The number of aromatic hydroxyl groups is 1. The minimum atomic E-state index is -1.13. The summed E-state index contributed by atoms with van der Waals surface area (Å²) in [5, 5.41) is 20.1. The van der Waals surface area contributed by atoms with Gasteiger partial charge in [-0.15, -0.1) is 0 Å². The molecule has 2 aromatic carbocycles. The maximum absolute atomic E-state index is 12.1. The molecule has 0 aromatic heterocycles. The molecule has 5 heteroatoms. The first-order chi connectivity index (χ1) is 10.5. The molecule has 2 aromatic rings. The summed E-state index contributed by atoms with van der Waals surface area (Å²) in [5.41, 5.74) is 0.293. The van der Waals surface area contributed by atoms with Crippen LogP contribution in [0.5, 0.6) is 5.75 Å². The molecule has 0 aliphatic heterocycles. The van der Waals surface area contributed by atoms with Crippen LogP contribution in [0.4, 0.5) is 0 Å². The van der Waals surface area contributed by atoms with Crippen molar-refractivity contribution in [3.8, 4) is 5.75 Å². The Morgan fingerprint density at radius 3 is 2.50 bits per heavy atom. The summed E-state index contributed by atoms with van der Waals surface area (Å²) in [6.45, 7) is 1.94. The second-order valence-electron chi connectivity index (χ2n) is 5.12. The highest BCUT2D eigenvalue weighted by atomic mass is 16.6. The number of aliphatic carboxylic acids is 1. The first-order valence-electron chi connectivity index (χ1n) is 7.18. The maximum atomic E-state index is 12.1. The average molecular weight is 302 g/mol. The molecule has 2 N–H and O–H groups in total. The lowest BCUT2D eigenvalue weighted by Gasteiger charge is -2.13. The number of carboxylic acids is 1. The summed E-state index contributed by atoms with van der Waals surface area (Å²) >= 11 is 0. The maximum Gasteiger partial charge on any atom is 0.345 e. The zero-order valence-electron chi connectivity index (χ0n) is 12.3. The van der Waals surface area contributed by atoms with Crippen molar-refractivity contribution in [3.05, 3.63) is 42.0 Å². The van der Waals surface area contributed by atoms with E-state index in [4.69, 9.17) is 9.84 Å². The predicted octanol–water partition coefficient (Wildman–Crippen LogP) is 3.35. The van der Waals surface area contributed by atoms with E-state index in [-0.39, 0.29) is 5.75 Å². The summed E-state index contributed by atoms with van der Waals surface area (Å²) in [5.74, 6) is -1.64. The fourth-order valence-electron chi connectivity index (χ4n) is 2.18. The molecule has 0 saturated carbocycles. The first kappa shape index (κ1) is 15.8. The van der Waals surface area contributed by atoms with E-state index in [1.54, 1.807) is 30.3 Å². The first-order valence-corrected chi connectivity index (χ1v) is 7.18. The van der Waals surface area contributed by atoms with Crippen LogP contribution in [0.15, 0.2) is 36.4 Å². The molecule has 0 amide bonds. The molecular formula is C17H18O5. The number of benzene rings is 2. The number of hydrogen-bond acceptors (Lipinski definition) is 4. The molecule has 0 aliphatic carbocycles. The topological polar surface area (TPSA) is 83.8 Å². The van der Waals surface area contributed by atoms with E-state index in [9.17, 15) is 14.7 Å². The SMILES string of the molecule is CCCCC(OC(=O)c1ccc2cc(O)ccc2c1)C(=O)O. The number of carbonyl (C=O) groups is 2. The van der Waals surface area contributed by atoms with Crippen molar-refractivity contribution in [2.24, 2.45) is 0 Å². The Hall–Kier alpha value is -2.56. The highest BCUT2D eigenvalue weighted by molar-refractivity contribution is 5.96. The van der Waals surface area contributed by atoms with Crippen LogP contribution in [0.1, 0.15) is 36.5 Å². The smallest absolute Gasteiger partial charge is 0.345 e. The summed E-state index contributed by atoms with van der Waals surface area (Å²) in [6.07, 6.45) is 0.698. The monoisotopic (exact) mass is 302 g/mol. The predicted molar refractivity (Wildman–Crippen MR) is 82.0 cm³/mol. The quantitative estimate of drug-likeness (QED) is 0.799. The number of phenols is 1. The van der Waals surface area contributed by atoms with E-state index >= 15 is 0 Å². The third-order valence-corrected chi connectivity index (χ3v) is 3.40. The summed E-state index contributed by atoms with van der Waals surface area (Å²) in [6, 6.07) is 9.67. The number of hydrogen-bond donors (Lipinski definition) is 2. The number of carboxylic acid groups (broad SMARTS) is 1. The molecule has 0 heterocycles. The Labute approximate surface area is 128 Å². The van der Waals surface area contributed by atoms with E-state index in [2.05, 4.69) is 0 Å². The van der Waals surface area contributed by atoms with Gasteiger partial charge in [0.2, 0.25) is 0 Å². The zero-order chi connectivity index (χ0) is 16.1. The van der Waals surface area contributed by atoms with E-state index in [1.165, 1.54) is 6.07 Å². The largest absolute Gasteiger partial charge is 0.508 e. The third-order valence-electron chi connectivity index (χ3n) is 3.40. The number of esters is 1. The Morgan fingerprint density at radius 1 is 1.14 bits per heavy atom. The van der Waals surface area contributed by atoms with Gasteiger partial charge in [0.05, 0.1) is 5.56 Å². The molecule has 22 heavy (non-hydrogen) atoms. The molecule has 1 atom stereocenters. The van der Waals surface area contributed by atoms with Crippen LogP contribution in [0.2, 0.25) is 0 Å². The zero-order valence-corrected chi connectivity index (χ0v) is 12.3. The van der Waals surface area contributed by atoms with Crippen LogP contribution in [0, 0.1) is 0 Å². The van der Waals surface area contributed by atoms with Crippen molar-refractivity contribution in [2.45, 2.75) is 32.3 Å². The summed E-state index contributed by atoms with van der Waals surface area (Å²) in [7, 11) is 0. The van der Waals surface area contributed by atoms with Crippen LogP contribution >= 0.6 is 0 Å². The lowest BCUT2D eigenvalue weighted by Crippen LogP contribution is -2.27. The normalized spacial score (nSPS) is 12.0. The van der Waals surface area contributed by atoms with E-state index in [1.807, 2.05) is 6.92 Å². The molecule has 0 bridgehead atoms. The number of rotatable bonds is 6. The van der Waals surface area contributed by atoms with E-state index in [0.717, 1.165) is 17.2 Å².